The summed E-state index contributed by atoms with van der Waals surface area (Å²) in [5.41, 5.74) is 1.89. The first-order valence-corrected chi connectivity index (χ1v) is 12.5. The minimum absolute atomic E-state index is 0.00293. The Kier molecular flexibility index (Phi) is 6.90. The molecule has 0 radical (unpaired) electrons. The van der Waals surface area contributed by atoms with E-state index in [4.69, 9.17) is 4.74 Å². The predicted octanol–water partition coefficient (Wildman–Crippen LogP) is 4.94. The summed E-state index contributed by atoms with van der Waals surface area (Å²) in [4.78, 5) is 16.9. The maximum atomic E-state index is 13.4. The number of amides is 1. The summed E-state index contributed by atoms with van der Waals surface area (Å²) in [5, 5.41) is 5.04. The molecular formula is C24H20FN3O4S2. The third kappa shape index (κ3) is 5.77. The summed E-state index contributed by atoms with van der Waals surface area (Å²) in [6.07, 6.45) is -0.00705. The molecule has 0 spiro atoms. The van der Waals surface area contributed by atoms with Crippen molar-refractivity contribution in [3.8, 4) is 16.3 Å². The fourth-order valence-corrected chi connectivity index (χ4v) is 5.05. The second kappa shape index (κ2) is 10.0. The largest absolute Gasteiger partial charge is 0.497 e. The van der Waals surface area contributed by atoms with E-state index in [9.17, 15) is 17.6 Å². The molecule has 0 aliphatic rings. The average molecular weight is 498 g/mol. The Hall–Kier alpha value is -3.76. The zero-order valence-corrected chi connectivity index (χ0v) is 19.6. The number of rotatable bonds is 8. The molecule has 1 heterocycles. The highest BCUT2D eigenvalue weighted by Gasteiger charge is 2.16. The van der Waals surface area contributed by atoms with Gasteiger partial charge in [0.1, 0.15) is 16.6 Å². The van der Waals surface area contributed by atoms with Crippen LogP contribution in [0.5, 0.6) is 5.75 Å². The summed E-state index contributed by atoms with van der Waals surface area (Å²) < 4.78 is 46.5. The van der Waals surface area contributed by atoms with Crippen molar-refractivity contribution in [2.24, 2.45) is 0 Å². The lowest BCUT2D eigenvalue weighted by atomic mass is 10.2. The number of benzene rings is 3. The molecule has 4 aromatic rings. The van der Waals surface area contributed by atoms with Gasteiger partial charge in [-0.3, -0.25) is 9.52 Å². The minimum Gasteiger partial charge on any atom is -0.497 e. The number of hydrogen-bond acceptors (Lipinski definition) is 6. The predicted molar refractivity (Wildman–Crippen MR) is 130 cm³/mol. The molecule has 0 aliphatic heterocycles. The second-order valence-electron chi connectivity index (χ2n) is 7.24. The number of thiazole rings is 1. The van der Waals surface area contributed by atoms with Crippen molar-refractivity contribution in [3.63, 3.8) is 0 Å². The van der Waals surface area contributed by atoms with Gasteiger partial charge in [-0.1, -0.05) is 18.2 Å². The van der Waals surface area contributed by atoms with Gasteiger partial charge in [0.2, 0.25) is 5.91 Å². The number of nitrogens with zero attached hydrogens (tertiary/aromatic N) is 1. The zero-order chi connectivity index (χ0) is 24.1. The number of methoxy groups -OCH3 is 1. The minimum atomic E-state index is -3.86. The van der Waals surface area contributed by atoms with E-state index in [0.29, 0.717) is 33.4 Å². The summed E-state index contributed by atoms with van der Waals surface area (Å²) in [6.45, 7) is 0. The Labute approximate surface area is 200 Å². The van der Waals surface area contributed by atoms with Crippen LogP contribution in [0.4, 0.5) is 15.8 Å². The van der Waals surface area contributed by atoms with Crippen LogP contribution >= 0.6 is 11.3 Å². The monoisotopic (exact) mass is 497 g/mol. The van der Waals surface area contributed by atoms with Gasteiger partial charge in [0.25, 0.3) is 10.0 Å². The van der Waals surface area contributed by atoms with Crippen molar-refractivity contribution >= 4 is 38.6 Å². The van der Waals surface area contributed by atoms with Crippen molar-refractivity contribution in [2.75, 3.05) is 17.1 Å². The Morgan fingerprint density at radius 2 is 1.79 bits per heavy atom. The highest BCUT2D eigenvalue weighted by Crippen LogP contribution is 2.25. The Balaban J connectivity index is 1.42. The van der Waals surface area contributed by atoms with Gasteiger partial charge in [-0.2, -0.15) is 0 Å². The van der Waals surface area contributed by atoms with Crippen molar-refractivity contribution < 1.29 is 22.3 Å². The van der Waals surface area contributed by atoms with E-state index < -0.39 is 10.0 Å². The lowest BCUT2D eigenvalue weighted by Gasteiger charge is -2.10. The molecule has 0 saturated carbocycles. The molecule has 7 nitrogen and oxygen atoms in total. The lowest BCUT2D eigenvalue weighted by Crippen LogP contribution is -2.16. The topological polar surface area (TPSA) is 97.4 Å². The van der Waals surface area contributed by atoms with Crippen molar-refractivity contribution in [1.82, 2.24) is 4.98 Å². The molecule has 0 aliphatic carbocycles. The number of ether oxygens (including phenoxy) is 1. The zero-order valence-electron chi connectivity index (χ0n) is 18.0. The molecule has 1 aromatic heterocycles. The molecular weight excluding hydrogens is 477 g/mol. The van der Waals surface area contributed by atoms with Gasteiger partial charge in [0.15, 0.2) is 0 Å². The number of sulfonamides is 1. The van der Waals surface area contributed by atoms with Gasteiger partial charge in [0.05, 0.1) is 24.1 Å². The third-order valence-corrected chi connectivity index (χ3v) is 7.05. The number of nitrogens with one attached hydrogen (secondary N) is 2. The summed E-state index contributed by atoms with van der Waals surface area (Å²) in [6, 6.07) is 18.5. The first kappa shape index (κ1) is 23.4. The summed E-state index contributed by atoms with van der Waals surface area (Å²) >= 11 is 1.32. The molecule has 1 amide bonds. The van der Waals surface area contributed by atoms with Gasteiger partial charge in [0, 0.05) is 22.3 Å². The van der Waals surface area contributed by atoms with Crippen LogP contribution in [0.3, 0.4) is 0 Å². The normalized spacial score (nSPS) is 11.1. The number of halogens is 1. The van der Waals surface area contributed by atoms with Crippen LogP contribution in [0.1, 0.15) is 5.69 Å². The van der Waals surface area contributed by atoms with Gasteiger partial charge >= 0.3 is 0 Å². The van der Waals surface area contributed by atoms with Crippen LogP contribution < -0.4 is 14.8 Å². The summed E-state index contributed by atoms with van der Waals surface area (Å²) in [5.74, 6) is -0.104. The fourth-order valence-electron chi connectivity index (χ4n) is 3.13. The molecule has 0 saturated heterocycles. The van der Waals surface area contributed by atoms with Crippen molar-refractivity contribution in [3.05, 3.63) is 89.7 Å². The van der Waals surface area contributed by atoms with Crippen LogP contribution in [0, 0.1) is 5.82 Å². The van der Waals surface area contributed by atoms with Crippen LogP contribution in [-0.2, 0) is 21.2 Å². The van der Waals surface area contributed by atoms with Gasteiger partial charge in [-0.25, -0.2) is 17.8 Å². The molecule has 0 atom stereocenters. The van der Waals surface area contributed by atoms with Crippen molar-refractivity contribution in [2.45, 2.75) is 11.3 Å². The molecule has 4 rings (SSSR count). The molecule has 34 heavy (non-hydrogen) atoms. The number of anilines is 2. The average Bonchev–Trinajstić information content (AvgIpc) is 3.28. The third-order valence-electron chi connectivity index (χ3n) is 4.74. The highest BCUT2D eigenvalue weighted by molar-refractivity contribution is 7.92. The molecule has 3 aromatic carbocycles. The Morgan fingerprint density at radius 1 is 1.03 bits per heavy atom. The molecule has 0 unspecified atom stereocenters. The van der Waals surface area contributed by atoms with E-state index in [1.165, 1.54) is 42.7 Å². The van der Waals surface area contributed by atoms with Crippen LogP contribution in [0.15, 0.2) is 83.1 Å². The molecule has 0 bridgehead atoms. The maximum absolute atomic E-state index is 13.4. The maximum Gasteiger partial charge on any atom is 0.261 e. The quantitative estimate of drug-likeness (QED) is 0.359. The summed E-state index contributed by atoms with van der Waals surface area (Å²) in [7, 11) is -2.34. The van der Waals surface area contributed by atoms with Gasteiger partial charge in [-0.15, -0.1) is 11.3 Å². The SMILES string of the molecule is COc1ccc(NS(=O)(=O)c2cccc(NC(=O)Cc3csc(-c4cccc(F)c4)n3)c2)cc1. The number of aromatic nitrogens is 1. The lowest BCUT2D eigenvalue weighted by molar-refractivity contribution is -0.115. The second-order valence-corrected chi connectivity index (χ2v) is 9.78. The molecule has 2 N–H and O–H groups in total. The van der Waals surface area contributed by atoms with Crippen LogP contribution in [0.25, 0.3) is 10.6 Å². The van der Waals surface area contributed by atoms with E-state index in [1.54, 1.807) is 53.9 Å². The molecule has 0 fully saturated rings. The first-order chi connectivity index (χ1) is 16.3. The number of carbonyl (C=O) groups is 1. The Morgan fingerprint density at radius 3 is 2.53 bits per heavy atom. The Bertz CT molecular complexity index is 1420. The van der Waals surface area contributed by atoms with Gasteiger partial charge < -0.3 is 10.1 Å². The molecule has 10 heteroatoms. The number of hydrogen-bond donors (Lipinski definition) is 2. The van der Waals surface area contributed by atoms with E-state index in [2.05, 4.69) is 15.0 Å². The standard InChI is InChI=1S/C24H20FN3O4S2/c1-32-21-10-8-18(9-11-21)28-34(30,31)22-7-3-6-19(13-22)26-23(29)14-20-15-33-24(27-20)16-4-2-5-17(25)12-16/h2-13,15,28H,14H2,1H3,(H,26,29). The van der Waals surface area contributed by atoms with Crippen LogP contribution in [-0.4, -0.2) is 26.4 Å². The van der Waals surface area contributed by atoms with E-state index in [0.717, 1.165) is 0 Å². The van der Waals surface area contributed by atoms with E-state index >= 15 is 0 Å². The van der Waals surface area contributed by atoms with E-state index in [-0.39, 0.29) is 23.0 Å². The van der Waals surface area contributed by atoms with Crippen molar-refractivity contribution in [1.29, 1.82) is 0 Å². The first-order valence-electron chi connectivity index (χ1n) is 10.1. The fraction of sp³-hybridized carbons (Fsp3) is 0.0833. The van der Waals surface area contributed by atoms with Crippen LogP contribution in [0.2, 0.25) is 0 Å². The van der Waals surface area contributed by atoms with Gasteiger partial charge in [-0.05, 0) is 54.6 Å². The smallest absolute Gasteiger partial charge is 0.261 e. The number of carbonyl (C=O) groups excluding carboxylic acids is 1. The van der Waals surface area contributed by atoms with E-state index in [1.807, 2.05) is 0 Å². The molecule has 174 valence electrons. The highest BCUT2D eigenvalue weighted by atomic mass is 32.2.